The zero-order chi connectivity index (χ0) is 14.7. The molecule has 0 aliphatic heterocycles. The SMILES string of the molecule is CN(C)c1cc(Cl)c([N+]#N)cc1Oc1ccc(Cl)cc1.[Cl-]. The summed E-state index contributed by atoms with van der Waals surface area (Å²) in [6, 6.07) is 10.2. The zero-order valence-electron chi connectivity index (χ0n) is 11.3. The number of nitrogens with zero attached hydrogens (tertiary/aromatic N) is 3. The fourth-order valence-corrected chi connectivity index (χ4v) is 1.99. The Morgan fingerprint density at radius 2 is 1.71 bits per heavy atom. The predicted octanol–water partition coefficient (Wildman–Crippen LogP) is 2.34. The molecule has 4 nitrogen and oxygen atoms in total. The van der Waals surface area contributed by atoms with Gasteiger partial charge in [-0.1, -0.05) is 23.2 Å². The van der Waals surface area contributed by atoms with E-state index in [1.54, 1.807) is 36.4 Å². The van der Waals surface area contributed by atoms with Gasteiger partial charge >= 0.3 is 5.69 Å². The molecule has 0 aromatic heterocycles. The Bertz CT molecular complexity index is 666. The van der Waals surface area contributed by atoms with Gasteiger partial charge in [-0.15, -0.1) is 0 Å². The molecule has 0 heterocycles. The highest BCUT2D eigenvalue weighted by Gasteiger charge is 2.19. The summed E-state index contributed by atoms with van der Waals surface area (Å²) in [4.78, 5) is 4.99. The third kappa shape index (κ3) is 4.15. The Balaban J connectivity index is 0.00000220. The average Bonchev–Trinajstić information content (AvgIpc) is 2.42. The van der Waals surface area contributed by atoms with Crippen LogP contribution in [0.5, 0.6) is 11.5 Å². The number of rotatable bonds is 3. The summed E-state index contributed by atoms with van der Waals surface area (Å²) in [5.74, 6) is 1.17. The molecular weight excluding hydrogens is 333 g/mol. The molecule has 0 atom stereocenters. The second-order valence-electron chi connectivity index (χ2n) is 4.32. The number of hydrogen-bond acceptors (Lipinski definition) is 3. The predicted molar refractivity (Wildman–Crippen MR) is 82.0 cm³/mol. The van der Waals surface area contributed by atoms with Crippen LogP contribution in [0.3, 0.4) is 0 Å². The summed E-state index contributed by atoms with van der Waals surface area (Å²) in [5, 5.41) is 9.91. The Labute approximate surface area is 139 Å². The van der Waals surface area contributed by atoms with Crippen molar-refractivity contribution in [2.75, 3.05) is 19.0 Å². The van der Waals surface area contributed by atoms with Gasteiger partial charge in [0, 0.05) is 19.1 Å². The first-order valence-corrected chi connectivity index (χ1v) is 6.56. The van der Waals surface area contributed by atoms with Crippen LogP contribution >= 0.6 is 23.2 Å². The van der Waals surface area contributed by atoms with Crippen LogP contribution in [-0.2, 0) is 0 Å². The molecule has 2 rings (SSSR count). The largest absolute Gasteiger partial charge is 1.00 e. The molecule has 0 bridgehead atoms. The summed E-state index contributed by atoms with van der Waals surface area (Å²) >= 11 is 11.9. The quantitative estimate of drug-likeness (QED) is 0.803. The Morgan fingerprint density at radius 3 is 2.24 bits per heavy atom. The van der Waals surface area contributed by atoms with Crippen molar-refractivity contribution in [1.82, 2.24) is 0 Å². The van der Waals surface area contributed by atoms with Gasteiger partial charge in [-0.25, -0.2) is 0 Å². The molecule has 2 aromatic carbocycles. The number of anilines is 1. The second-order valence-corrected chi connectivity index (χ2v) is 5.17. The molecule has 0 fully saturated rings. The highest BCUT2D eigenvalue weighted by Crippen LogP contribution is 2.39. The second kappa shape index (κ2) is 7.37. The number of benzene rings is 2. The Kier molecular flexibility index (Phi) is 6.10. The molecule has 0 saturated heterocycles. The third-order valence-electron chi connectivity index (χ3n) is 2.66. The van der Waals surface area contributed by atoms with Crippen LogP contribution < -0.4 is 22.0 Å². The van der Waals surface area contributed by atoms with Crippen molar-refractivity contribution in [2.24, 2.45) is 0 Å². The summed E-state index contributed by atoms with van der Waals surface area (Å²) in [6.45, 7) is 0. The molecule has 0 radical (unpaired) electrons. The Hall–Kier alpha value is -1.67. The van der Waals surface area contributed by atoms with E-state index in [1.807, 2.05) is 19.0 Å². The van der Waals surface area contributed by atoms with Gasteiger partial charge in [0.15, 0.2) is 10.7 Å². The van der Waals surface area contributed by atoms with E-state index in [0.717, 1.165) is 5.69 Å². The van der Waals surface area contributed by atoms with Gasteiger partial charge in [-0.3, -0.25) is 0 Å². The lowest BCUT2D eigenvalue weighted by Crippen LogP contribution is -3.00. The fraction of sp³-hybridized carbons (Fsp3) is 0.143. The smallest absolute Gasteiger partial charge is 0.407 e. The van der Waals surface area contributed by atoms with Gasteiger partial charge in [-0.05, 0) is 30.3 Å². The molecule has 0 unspecified atom stereocenters. The van der Waals surface area contributed by atoms with E-state index < -0.39 is 0 Å². The van der Waals surface area contributed by atoms with Crippen molar-refractivity contribution in [1.29, 1.82) is 5.39 Å². The lowest BCUT2D eigenvalue weighted by Gasteiger charge is -2.17. The van der Waals surface area contributed by atoms with E-state index in [4.69, 9.17) is 33.3 Å². The first kappa shape index (κ1) is 17.4. The number of diazo groups is 1. The van der Waals surface area contributed by atoms with E-state index >= 15 is 0 Å². The first-order valence-electron chi connectivity index (χ1n) is 5.80. The maximum Gasteiger partial charge on any atom is 0.407 e. The summed E-state index contributed by atoms with van der Waals surface area (Å²) in [7, 11) is 3.74. The summed E-state index contributed by atoms with van der Waals surface area (Å²) < 4.78 is 5.79. The topological polar surface area (TPSA) is 40.6 Å². The van der Waals surface area contributed by atoms with Crippen molar-refractivity contribution < 1.29 is 17.1 Å². The third-order valence-corrected chi connectivity index (χ3v) is 3.21. The van der Waals surface area contributed by atoms with E-state index in [9.17, 15) is 0 Å². The fourth-order valence-electron chi connectivity index (χ4n) is 1.67. The summed E-state index contributed by atoms with van der Waals surface area (Å²) in [6.07, 6.45) is 0. The molecule has 0 N–H and O–H groups in total. The molecule has 0 spiro atoms. The van der Waals surface area contributed by atoms with Crippen LogP contribution in [0.1, 0.15) is 0 Å². The van der Waals surface area contributed by atoms with Crippen LogP contribution in [0.2, 0.25) is 10.0 Å². The molecule has 0 aliphatic carbocycles. The standard InChI is InChI=1S/C14H12Cl2N3O.ClH/c1-19(2)13-7-11(16)12(18-17)8-14(13)20-10-5-3-9(15)4-6-10;/h3-8H,1-2H3;1H/q+1;/p-1. The van der Waals surface area contributed by atoms with Crippen molar-refractivity contribution in [3.8, 4) is 11.5 Å². The monoisotopic (exact) mass is 343 g/mol. The van der Waals surface area contributed by atoms with Gasteiger partial charge in [0.05, 0.1) is 11.8 Å². The minimum atomic E-state index is 0. The molecule has 110 valence electrons. The molecule has 7 heteroatoms. The van der Waals surface area contributed by atoms with Crippen molar-refractivity contribution in [3.63, 3.8) is 0 Å². The maximum atomic E-state index is 8.93. The molecule has 0 saturated carbocycles. The van der Waals surface area contributed by atoms with E-state index in [2.05, 4.69) is 4.98 Å². The van der Waals surface area contributed by atoms with Crippen molar-refractivity contribution in [3.05, 3.63) is 51.4 Å². The molecule has 0 amide bonds. The normalized spacial score (nSPS) is 9.48. The Morgan fingerprint density at radius 1 is 1.10 bits per heavy atom. The molecular formula is C14H12Cl3N3O. The number of hydrogen-bond donors (Lipinski definition) is 0. The average molecular weight is 345 g/mol. The van der Waals surface area contributed by atoms with Crippen LogP contribution in [0.4, 0.5) is 11.4 Å². The van der Waals surface area contributed by atoms with Gasteiger partial charge in [-0.2, -0.15) is 0 Å². The highest BCUT2D eigenvalue weighted by molar-refractivity contribution is 6.33. The number of halogens is 3. The van der Waals surface area contributed by atoms with Crippen LogP contribution in [0, 0.1) is 5.39 Å². The zero-order valence-corrected chi connectivity index (χ0v) is 13.6. The van der Waals surface area contributed by atoms with E-state index in [0.29, 0.717) is 21.5 Å². The van der Waals surface area contributed by atoms with E-state index in [1.165, 1.54) is 0 Å². The van der Waals surface area contributed by atoms with Crippen LogP contribution in [0.25, 0.3) is 4.98 Å². The molecule has 2 aromatic rings. The number of ether oxygens (including phenoxy) is 1. The first-order chi connectivity index (χ1) is 9.51. The highest BCUT2D eigenvalue weighted by atomic mass is 35.5. The van der Waals surface area contributed by atoms with Gasteiger partial charge < -0.3 is 22.0 Å². The van der Waals surface area contributed by atoms with E-state index in [-0.39, 0.29) is 18.1 Å². The molecule has 21 heavy (non-hydrogen) atoms. The lowest BCUT2D eigenvalue weighted by molar-refractivity contribution is -0.00000462. The molecule has 0 aliphatic rings. The minimum absolute atomic E-state index is 0. The lowest BCUT2D eigenvalue weighted by atomic mass is 10.2. The minimum Gasteiger partial charge on any atom is -1.00 e. The maximum absolute atomic E-state index is 8.93. The van der Waals surface area contributed by atoms with Gasteiger partial charge in [0.2, 0.25) is 5.39 Å². The summed E-state index contributed by atoms with van der Waals surface area (Å²) in [5.41, 5.74) is 1.03. The van der Waals surface area contributed by atoms with Gasteiger partial charge in [0.25, 0.3) is 0 Å². The van der Waals surface area contributed by atoms with Gasteiger partial charge in [0.1, 0.15) is 10.8 Å². The van der Waals surface area contributed by atoms with Crippen molar-refractivity contribution >= 4 is 34.6 Å². The van der Waals surface area contributed by atoms with Crippen molar-refractivity contribution in [2.45, 2.75) is 0 Å². The van der Waals surface area contributed by atoms with Crippen LogP contribution in [-0.4, -0.2) is 14.1 Å². The van der Waals surface area contributed by atoms with Crippen LogP contribution in [0.15, 0.2) is 36.4 Å².